The Hall–Kier alpha value is -1.08. The maximum absolute atomic E-state index is 12.2. The number of halogens is 2. The lowest BCUT2D eigenvalue weighted by molar-refractivity contribution is 0.587. The lowest BCUT2D eigenvalue weighted by atomic mass is 10.4. The topological polar surface area (TPSA) is 68.3 Å². The lowest BCUT2D eigenvalue weighted by Gasteiger charge is -2.08. The molecule has 0 bridgehead atoms. The second-order valence-corrected chi connectivity index (χ2v) is 9.47. The van der Waals surface area contributed by atoms with Gasteiger partial charge in [-0.25, -0.2) is 16.8 Å². The van der Waals surface area contributed by atoms with Gasteiger partial charge in [0.1, 0.15) is 0 Å². The van der Waals surface area contributed by atoms with Crippen LogP contribution >= 0.6 is 23.2 Å². The molecule has 0 fully saturated rings. The molecule has 0 N–H and O–H groups in total. The van der Waals surface area contributed by atoms with E-state index in [1.807, 2.05) is 0 Å². The number of sulfone groups is 2. The molecule has 0 unspecified atom stereocenters. The average molecular weight is 379 g/mol. The highest BCUT2D eigenvalue weighted by molar-refractivity contribution is 7.95. The van der Waals surface area contributed by atoms with E-state index in [4.69, 9.17) is 23.2 Å². The summed E-state index contributed by atoms with van der Waals surface area (Å²) in [6.45, 7) is 0. The van der Waals surface area contributed by atoms with Crippen LogP contribution in [0.25, 0.3) is 0 Å². The molecule has 0 aromatic heterocycles. The van der Waals surface area contributed by atoms with Crippen molar-refractivity contribution in [1.82, 2.24) is 0 Å². The van der Waals surface area contributed by atoms with Crippen LogP contribution < -0.4 is 0 Å². The minimum atomic E-state index is -3.80. The maximum atomic E-state index is 12.2. The first-order valence-corrected chi connectivity index (χ1v) is 10.2. The van der Waals surface area contributed by atoms with Crippen molar-refractivity contribution >= 4 is 42.9 Å². The van der Waals surface area contributed by atoms with E-state index in [0.717, 1.165) is 0 Å². The minimum absolute atomic E-state index is 0.0673. The third-order valence-electron chi connectivity index (χ3n) is 2.96. The van der Waals surface area contributed by atoms with Gasteiger partial charge < -0.3 is 0 Å². The standard InChI is InChI=1S/C14H12Cl2O4S2/c15-11-5-1-3-7-13(11)21(17,18)9-10-22(19,20)14-8-4-2-6-12(14)16/h1-8H,9-10H2. The van der Waals surface area contributed by atoms with Crippen LogP contribution in [0.4, 0.5) is 0 Å². The van der Waals surface area contributed by atoms with Crippen LogP contribution in [0.1, 0.15) is 0 Å². The van der Waals surface area contributed by atoms with Crippen LogP contribution in [0.15, 0.2) is 58.3 Å². The Balaban J connectivity index is 2.26. The molecule has 8 heteroatoms. The first-order valence-electron chi connectivity index (χ1n) is 6.18. The van der Waals surface area contributed by atoms with E-state index in [9.17, 15) is 16.8 Å². The molecule has 2 rings (SSSR count). The van der Waals surface area contributed by atoms with Crippen LogP contribution in [0.3, 0.4) is 0 Å². The summed E-state index contributed by atoms with van der Waals surface area (Å²) in [6, 6.07) is 11.8. The second kappa shape index (κ2) is 6.58. The highest BCUT2D eigenvalue weighted by Crippen LogP contribution is 2.25. The van der Waals surface area contributed by atoms with Crippen molar-refractivity contribution in [3.05, 3.63) is 58.6 Å². The van der Waals surface area contributed by atoms with E-state index >= 15 is 0 Å². The van der Waals surface area contributed by atoms with Gasteiger partial charge >= 0.3 is 0 Å². The molecule has 4 nitrogen and oxygen atoms in total. The van der Waals surface area contributed by atoms with Crippen molar-refractivity contribution in [1.29, 1.82) is 0 Å². The molecule has 0 heterocycles. The molecule has 0 saturated carbocycles. The molecule has 0 aliphatic carbocycles. The summed E-state index contributed by atoms with van der Waals surface area (Å²) in [4.78, 5) is -0.156. The van der Waals surface area contributed by atoms with E-state index in [1.165, 1.54) is 36.4 Å². The fraction of sp³-hybridized carbons (Fsp3) is 0.143. The zero-order chi connectivity index (χ0) is 16.4. The van der Waals surface area contributed by atoms with Gasteiger partial charge in [0.25, 0.3) is 0 Å². The van der Waals surface area contributed by atoms with Crippen LogP contribution in [0, 0.1) is 0 Å². The third kappa shape index (κ3) is 3.81. The van der Waals surface area contributed by atoms with Gasteiger partial charge in [0, 0.05) is 0 Å². The fourth-order valence-electron chi connectivity index (χ4n) is 1.83. The summed E-state index contributed by atoms with van der Waals surface area (Å²) in [7, 11) is -7.60. The van der Waals surface area contributed by atoms with Crippen LogP contribution in [-0.2, 0) is 19.7 Å². The molecule has 0 saturated heterocycles. The first kappa shape index (κ1) is 17.3. The van der Waals surface area contributed by atoms with Gasteiger partial charge in [-0.3, -0.25) is 0 Å². The summed E-state index contributed by atoms with van der Waals surface area (Å²) in [5.41, 5.74) is 0. The largest absolute Gasteiger partial charge is 0.224 e. The monoisotopic (exact) mass is 378 g/mol. The molecule has 118 valence electrons. The second-order valence-electron chi connectivity index (χ2n) is 4.50. The Morgan fingerprint density at radius 3 is 1.27 bits per heavy atom. The number of rotatable bonds is 5. The van der Waals surface area contributed by atoms with Crippen molar-refractivity contribution in [2.24, 2.45) is 0 Å². The predicted octanol–water partition coefficient (Wildman–Crippen LogP) is 3.24. The van der Waals surface area contributed by atoms with Crippen LogP contribution in [0.2, 0.25) is 10.0 Å². The maximum Gasteiger partial charge on any atom is 0.180 e. The highest BCUT2D eigenvalue weighted by atomic mass is 35.5. The van der Waals surface area contributed by atoms with E-state index in [-0.39, 0.29) is 19.8 Å². The van der Waals surface area contributed by atoms with Gasteiger partial charge in [0.2, 0.25) is 0 Å². The van der Waals surface area contributed by atoms with Crippen molar-refractivity contribution in [3.8, 4) is 0 Å². The summed E-state index contributed by atoms with van der Waals surface area (Å²) in [5.74, 6) is -1.13. The molecule has 0 aliphatic heterocycles. The average Bonchev–Trinajstić information content (AvgIpc) is 2.46. The zero-order valence-corrected chi connectivity index (χ0v) is 14.4. The quantitative estimate of drug-likeness (QED) is 0.800. The molecule has 2 aromatic carbocycles. The number of benzene rings is 2. The molecule has 0 radical (unpaired) electrons. The van der Waals surface area contributed by atoms with E-state index in [0.29, 0.717) is 0 Å². The van der Waals surface area contributed by atoms with Gasteiger partial charge in [0.15, 0.2) is 19.7 Å². The van der Waals surface area contributed by atoms with Gasteiger partial charge in [-0.15, -0.1) is 0 Å². The van der Waals surface area contributed by atoms with Crippen molar-refractivity contribution in [2.45, 2.75) is 9.79 Å². The van der Waals surface area contributed by atoms with Gasteiger partial charge in [-0.2, -0.15) is 0 Å². The molecule has 0 aliphatic rings. The molecule has 0 amide bonds. The smallest absolute Gasteiger partial charge is 0.180 e. The van der Waals surface area contributed by atoms with Gasteiger partial charge in [-0.05, 0) is 24.3 Å². The fourth-order valence-corrected chi connectivity index (χ4v) is 6.31. The Kier molecular flexibility index (Phi) is 5.17. The molecule has 0 spiro atoms. The van der Waals surface area contributed by atoms with E-state index in [2.05, 4.69) is 0 Å². The molecular formula is C14H12Cl2O4S2. The molecule has 0 atom stereocenters. The summed E-state index contributed by atoms with van der Waals surface area (Å²) < 4.78 is 48.9. The lowest BCUT2D eigenvalue weighted by Crippen LogP contribution is -2.18. The third-order valence-corrected chi connectivity index (χ3v) is 7.64. The summed E-state index contributed by atoms with van der Waals surface area (Å²) in [5, 5.41) is 0.135. The van der Waals surface area contributed by atoms with Crippen LogP contribution in [0.5, 0.6) is 0 Å². The summed E-state index contributed by atoms with van der Waals surface area (Å²) in [6.07, 6.45) is 0. The molecular weight excluding hydrogens is 367 g/mol. The van der Waals surface area contributed by atoms with Crippen LogP contribution in [-0.4, -0.2) is 28.3 Å². The van der Waals surface area contributed by atoms with Gasteiger partial charge in [-0.1, -0.05) is 47.5 Å². The van der Waals surface area contributed by atoms with Crippen molar-refractivity contribution in [3.63, 3.8) is 0 Å². The zero-order valence-electron chi connectivity index (χ0n) is 11.2. The molecule has 2 aromatic rings. The Bertz CT molecular complexity index is 815. The normalized spacial score (nSPS) is 12.3. The van der Waals surface area contributed by atoms with E-state index in [1.54, 1.807) is 12.1 Å². The van der Waals surface area contributed by atoms with E-state index < -0.39 is 31.2 Å². The number of hydrogen-bond donors (Lipinski definition) is 0. The number of hydrogen-bond acceptors (Lipinski definition) is 4. The SMILES string of the molecule is O=S(=O)(CCS(=O)(=O)c1ccccc1Cl)c1ccccc1Cl. The minimum Gasteiger partial charge on any atom is -0.224 e. The summed E-state index contributed by atoms with van der Waals surface area (Å²) >= 11 is 11.7. The first-order chi connectivity index (χ1) is 10.2. The predicted molar refractivity (Wildman–Crippen MR) is 87.0 cm³/mol. The Labute approximate surface area is 139 Å². The Morgan fingerprint density at radius 2 is 0.955 bits per heavy atom. The molecule has 22 heavy (non-hydrogen) atoms. The van der Waals surface area contributed by atoms with Crippen molar-refractivity contribution in [2.75, 3.05) is 11.5 Å². The Morgan fingerprint density at radius 1 is 0.636 bits per heavy atom. The van der Waals surface area contributed by atoms with Crippen molar-refractivity contribution < 1.29 is 16.8 Å². The highest BCUT2D eigenvalue weighted by Gasteiger charge is 2.24. The van der Waals surface area contributed by atoms with Gasteiger partial charge in [0.05, 0.1) is 31.3 Å².